The summed E-state index contributed by atoms with van der Waals surface area (Å²) in [6.45, 7) is 1.85. The van der Waals surface area contributed by atoms with Crippen molar-refractivity contribution in [1.82, 2.24) is 10.2 Å². The lowest BCUT2D eigenvalue weighted by Crippen LogP contribution is -2.35. The summed E-state index contributed by atoms with van der Waals surface area (Å²) in [6, 6.07) is 0. The fraction of sp³-hybridized carbons (Fsp3) is 0.500. The van der Waals surface area contributed by atoms with Crippen LogP contribution in [0.2, 0.25) is 0 Å². The van der Waals surface area contributed by atoms with Crippen molar-refractivity contribution in [2.75, 3.05) is 20.6 Å². The molecule has 0 radical (unpaired) electrons. The summed E-state index contributed by atoms with van der Waals surface area (Å²) in [4.78, 5) is 23.2. The standard InChI is InChI=1S/C8H14N2O2/c1-4-5-8(12)10(3)6-7(11)9-2/h4-5H,6H2,1-3H3,(H,9,11). The Balaban J connectivity index is 3.95. The highest BCUT2D eigenvalue weighted by Crippen LogP contribution is 1.86. The zero-order valence-electron chi connectivity index (χ0n) is 7.63. The van der Waals surface area contributed by atoms with E-state index in [4.69, 9.17) is 0 Å². The molecular weight excluding hydrogens is 156 g/mol. The SMILES string of the molecule is CC=CC(=O)N(C)CC(=O)NC. The van der Waals surface area contributed by atoms with Crippen molar-refractivity contribution in [3.8, 4) is 0 Å². The van der Waals surface area contributed by atoms with Crippen LogP contribution in [0, 0.1) is 0 Å². The van der Waals surface area contributed by atoms with Crippen LogP contribution in [-0.4, -0.2) is 37.4 Å². The number of carbonyl (C=O) groups excluding carboxylic acids is 2. The van der Waals surface area contributed by atoms with E-state index in [1.165, 1.54) is 18.0 Å². The summed E-state index contributed by atoms with van der Waals surface area (Å²) in [7, 11) is 3.12. The van der Waals surface area contributed by atoms with Gasteiger partial charge >= 0.3 is 0 Å². The fourth-order valence-corrected chi connectivity index (χ4v) is 0.642. The van der Waals surface area contributed by atoms with Crippen LogP contribution in [0.4, 0.5) is 0 Å². The van der Waals surface area contributed by atoms with Gasteiger partial charge in [-0.25, -0.2) is 0 Å². The van der Waals surface area contributed by atoms with Crippen LogP contribution in [0.5, 0.6) is 0 Å². The molecule has 4 heteroatoms. The first-order chi connectivity index (χ1) is 5.61. The molecule has 0 aromatic rings. The zero-order valence-corrected chi connectivity index (χ0v) is 7.63. The highest BCUT2D eigenvalue weighted by Gasteiger charge is 2.07. The molecule has 0 saturated heterocycles. The van der Waals surface area contributed by atoms with Crippen molar-refractivity contribution in [3.63, 3.8) is 0 Å². The molecule has 0 bridgehead atoms. The third-order valence-corrected chi connectivity index (χ3v) is 1.35. The molecule has 0 unspecified atom stereocenters. The zero-order chi connectivity index (χ0) is 9.56. The van der Waals surface area contributed by atoms with E-state index in [-0.39, 0.29) is 18.4 Å². The minimum absolute atomic E-state index is 0.0969. The van der Waals surface area contributed by atoms with Gasteiger partial charge in [-0.05, 0) is 13.0 Å². The molecule has 12 heavy (non-hydrogen) atoms. The summed E-state index contributed by atoms with van der Waals surface area (Å²) >= 11 is 0. The van der Waals surface area contributed by atoms with Crippen LogP contribution in [0.15, 0.2) is 12.2 Å². The van der Waals surface area contributed by atoms with E-state index >= 15 is 0 Å². The molecule has 0 saturated carbocycles. The van der Waals surface area contributed by atoms with Crippen molar-refractivity contribution < 1.29 is 9.59 Å². The summed E-state index contributed by atoms with van der Waals surface area (Å²) < 4.78 is 0. The average molecular weight is 170 g/mol. The Hall–Kier alpha value is -1.32. The molecule has 0 aromatic heterocycles. The number of allylic oxidation sites excluding steroid dienone is 1. The van der Waals surface area contributed by atoms with Crippen LogP contribution < -0.4 is 5.32 Å². The van der Waals surface area contributed by atoms with Crippen LogP contribution in [-0.2, 0) is 9.59 Å². The van der Waals surface area contributed by atoms with Gasteiger partial charge in [-0.15, -0.1) is 0 Å². The Labute approximate surface area is 72.2 Å². The maximum absolute atomic E-state index is 11.1. The van der Waals surface area contributed by atoms with Crippen molar-refractivity contribution in [3.05, 3.63) is 12.2 Å². The molecule has 0 atom stereocenters. The summed E-state index contributed by atoms with van der Waals surface area (Å²) in [5.41, 5.74) is 0. The van der Waals surface area contributed by atoms with E-state index in [2.05, 4.69) is 5.32 Å². The molecule has 0 aliphatic carbocycles. The minimum atomic E-state index is -0.171. The second kappa shape index (κ2) is 5.35. The van der Waals surface area contributed by atoms with Gasteiger partial charge in [0.1, 0.15) is 0 Å². The number of nitrogens with zero attached hydrogens (tertiary/aromatic N) is 1. The second-order valence-electron chi connectivity index (χ2n) is 2.37. The lowest BCUT2D eigenvalue weighted by molar-refractivity contribution is -0.130. The number of nitrogens with one attached hydrogen (secondary N) is 1. The quantitative estimate of drug-likeness (QED) is 0.595. The van der Waals surface area contributed by atoms with Crippen LogP contribution in [0.3, 0.4) is 0 Å². The molecule has 68 valence electrons. The molecule has 0 aliphatic heterocycles. The second-order valence-corrected chi connectivity index (χ2v) is 2.37. The van der Waals surface area contributed by atoms with E-state index in [0.717, 1.165) is 0 Å². The van der Waals surface area contributed by atoms with Gasteiger partial charge in [0.25, 0.3) is 0 Å². The van der Waals surface area contributed by atoms with Crippen molar-refractivity contribution in [2.24, 2.45) is 0 Å². The number of hydrogen-bond acceptors (Lipinski definition) is 2. The molecule has 0 heterocycles. The van der Waals surface area contributed by atoms with Crippen LogP contribution in [0.1, 0.15) is 6.92 Å². The van der Waals surface area contributed by atoms with Crippen LogP contribution >= 0.6 is 0 Å². The monoisotopic (exact) mass is 170 g/mol. The molecule has 0 aliphatic rings. The van der Waals surface area contributed by atoms with Gasteiger partial charge in [-0.3, -0.25) is 9.59 Å². The Morgan fingerprint density at radius 2 is 2.08 bits per heavy atom. The van der Waals surface area contributed by atoms with Gasteiger partial charge in [0.05, 0.1) is 6.54 Å². The largest absolute Gasteiger partial charge is 0.358 e. The Bertz CT molecular complexity index is 199. The Morgan fingerprint density at radius 3 is 2.50 bits per heavy atom. The van der Waals surface area contributed by atoms with Crippen molar-refractivity contribution >= 4 is 11.8 Å². The van der Waals surface area contributed by atoms with E-state index in [1.807, 2.05) is 0 Å². The first-order valence-corrected chi connectivity index (χ1v) is 3.70. The Morgan fingerprint density at radius 1 is 1.50 bits per heavy atom. The number of amides is 2. The molecule has 1 N–H and O–H groups in total. The van der Waals surface area contributed by atoms with Crippen molar-refractivity contribution in [2.45, 2.75) is 6.92 Å². The molecule has 2 amide bonds. The smallest absolute Gasteiger partial charge is 0.246 e. The van der Waals surface area contributed by atoms with Crippen molar-refractivity contribution in [1.29, 1.82) is 0 Å². The third-order valence-electron chi connectivity index (χ3n) is 1.35. The number of likely N-dealkylation sites (N-methyl/N-ethyl adjacent to an activating group) is 2. The average Bonchev–Trinajstić information content (AvgIpc) is 2.04. The number of rotatable bonds is 3. The first-order valence-electron chi connectivity index (χ1n) is 3.70. The van der Waals surface area contributed by atoms with E-state index in [0.29, 0.717) is 0 Å². The lowest BCUT2D eigenvalue weighted by Gasteiger charge is -2.13. The maximum Gasteiger partial charge on any atom is 0.246 e. The van der Waals surface area contributed by atoms with Gasteiger partial charge in [0.15, 0.2) is 0 Å². The number of hydrogen-bond donors (Lipinski definition) is 1. The van der Waals surface area contributed by atoms with E-state index in [1.54, 1.807) is 20.0 Å². The van der Waals surface area contributed by atoms with Gasteiger partial charge in [0, 0.05) is 14.1 Å². The Kier molecular flexibility index (Phi) is 4.76. The number of carbonyl (C=O) groups is 2. The van der Waals surface area contributed by atoms with Gasteiger partial charge in [-0.1, -0.05) is 6.08 Å². The molecule has 0 rings (SSSR count). The maximum atomic E-state index is 11.1. The van der Waals surface area contributed by atoms with Gasteiger partial charge in [0.2, 0.25) is 11.8 Å². The predicted octanol–water partition coefficient (Wildman–Crippen LogP) is -0.233. The first kappa shape index (κ1) is 10.7. The molecule has 0 spiro atoms. The molecule has 0 aromatic carbocycles. The summed E-state index contributed by atoms with van der Waals surface area (Å²) in [5.74, 6) is -0.337. The topological polar surface area (TPSA) is 49.4 Å². The van der Waals surface area contributed by atoms with Gasteiger partial charge < -0.3 is 10.2 Å². The highest BCUT2D eigenvalue weighted by molar-refractivity contribution is 5.90. The third kappa shape index (κ3) is 3.75. The van der Waals surface area contributed by atoms with E-state index < -0.39 is 0 Å². The fourth-order valence-electron chi connectivity index (χ4n) is 0.642. The minimum Gasteiger partial charge on any atom is -0.358 e. The predicted molar refractivity (Wildman–Crippen MR) is 46.5 cm³/mol. The van der Waals surface area contributed by atoms with Gasteiger partial charge in [-0.2, -0.15) is 0 Å². The normalized spacial score (nSPS) is 9.92. The highest BCUT2D eigenvalue weighted by atomic mass is 16.2. The summed E-state index contributed by atoms with van der Waals surface area (Å²) in [6.07, 6.45) is 3.06. The lowest BCUT2D eigenvalue weighted by atomic mass is 10.4. The summed E-state index contributed by atoms with van der Waals surface area (Å²) in [5, 5.41) is 2.44. The van der Waals surface area contributed by atoms with E-state index in [9.17, 15) is 9.59 Å². The molecular formula is C8H14N2O2. The molecule has 4 nitrogen and oxygen atoms in total. The molecule has 0 fully saturated rings. The van der Waals surface area contributed by atoms with Crippen LogP contribution in [0.25, 0.3) is 0 Å².